The van der Waals surface area contributed by atoms with Crippen LogP contribution < -0.4 is 0 Å². The van der Waals surface area contributed by atoms with Gasteiger partial charge in [0.25, 0.3) is 0 Å². The standard InChI is InChI=1S/C14H11F3N2O2/c15-11-3-10(4-12(16)13(11)17)19-5-9(6-20)14(18-19)8-1-2-21-7-8/h3-6,8H,1-2,7H2. The smallest absolute Gasteiger partial charge is 0.194 e. The molecule has 0 saturated carbocycles. The topological polar surface area (TPSA) is 44.1 Å². The van der Waals surface area contributed by atoms with Crippen LogP contribution in [0, 0.1) is 17.5 Å². The van der Waals surface area contributed by atoms with E-state index in [1.807, 2.05) is 0 Å². The van der Waals surface area contributed by atoms with Gasteiger partial charge >= 0.3 is 0 Å². The summed E-state index contributed by atoms with van der Waals surface area (Å²) in [5, 5.41) is 4.19. The molecule has 0 amide bonds. The summed E-state index contributed by atoms with van der Waals surface area (Å²) in [5.41, 5.74) is 0.864. The normalized spacial score (nSPS) is 18.1. The first-order valence-corrected chi connectivity index (χ1v) is 6.37. The summed E-state index contributed by atoms with van der Waals surface area (Å²) < 4.78 is 45.9. The number of ether oxygens (including phenoxy) is 1. The number of hydrogen-bond acceptors (Lipinski definition) is 3. The molecule has 21 heavy (non-hydrogen) atoms. The van der Waals surface area contributed by atoms with Gasteiger partial charge in [0.05, 0.1) is 23.6 Å². The molecule has 0 radical (unpaired) electrons. The van der Waals surface area contributed by atoms with Gasteiger partial charge in [-0.15, -0.1) is 0 Å². The van der Waals surface area contributed by atoms with Crippen molar-refractivity contribution < 1.29 is 22.7 Å². The Kier molecular flexibility index (Phi) is 3.50. The highest BCUT2D eigenvalue weighted by Gasteiger charge is 2.24. The van der Waals surface area contributed by atoms with E-state index in [-0.39, 0.29) is 11.6 Å². The van der Waals surface area contributed by atoms with E-state index < -0.39 is 17.5 Å². The molecule has 1 aliphatic heterocycles. The summed E-state index contributed by atoms with van der Waals surface area (Å²) in [6, 6.07) is 1.66. The number of aldehydes is 1. The second-order valence-electron chi connectivity index (χ2n) is 4.82. The van der Waals surface area contributed by atoms with Crippen LogP contribution in [0.3, 0.4) is 0 Å². The first kappa shape index (κ1) is 13.8. The van der Waals surface area contributed by atoms with Crippen LogP contribution in [0.25, 0.3) is 5.69 Å². The second-order valence-corrected chi connectivity index (χ2v) is 4.82. The van der Waals surface area contributed by atoms with Crippen molar-refractivity contribution in [1.29, 1.82) is 0 Å². The third kappa shape index (κ3) is 2.44. The predicted molar refractivity (Wildman–Crippen MR) is 67.0 cm³/mol. The molecule has 1 aromatic heterocycles. The van der Waals surface area contributed by atoms with Crippen molar-refractivity contribution in [3.63, 3.8) is 0 Å². The zero-order valence-electron chi connectivity index (χ0n) is 10.9. The highest BCUT2D eigenvalue weighted by molar-refractivity contribution is 5.76. The van der Waals surface area contributed by atoms with E-state index in [2.05, 4.69) is 5.10 Å². The van der Waals surface area contributed by atoms with Gasteiger partial charge in [0, 0.05) is 30.9 Å². The van der Waals surface area contributed by atoms with Gasteiger partial charge < -0.3 is 4.74 Å². The number of aromatic nitrogens is 2. The number of carbonyl (C=O) groups excluding carboxylic acids is 1. The van der Waals surface area contributed by atoms with Gasteiger partial charge in [-0.1, -0.05) is 0 Å². The number of nitrogens with zero attached hydrogens (tertiary/aromatic N) is 2. The maximum absolute atomic E-state index is 13.3. The third-order valence-electron chi connectivity index (χ3n) is 3.45. The molecule has 1 unspecified atom stereocenters. The van der Waals surface area contributed by atoms with Gasteiger partial charge in [-0.2, -0.15) is 5.10 Å². The Morgan fingerprint density at radius 1 is 1.29 bits per heavy atom. The molecule has 0 N–H and O–H groups in total. The lowest BCUT2D eigenvalue weighted by Gasteiger charge is -2.05. The Morgan fingerprint density at radius 3 is 2.57 bits per heavy atom. The molecule has 1 aromatic carbocycles. The Morgan fingerprint density at radius 2 is 2.00 bits per heavy atom. The zero-order chi connectivity index (χ0) is 15.0. The quantitative estimate of drug-likeness (QED) is 0.646. The maximum Gasteiger partial charge on any atom is 0.194 e. The van der Waals surface area contributed by atoms with Crippen LogP contribution in [0.4, 0.5) is 13.2 Å². The van der Waals surface area contributed by atoms with Crippen LogP contribution in [0.1, 0.15) is 28.4 Å². The van der Waals surface area contributed by atoms with E-state index in [0.29, 0.717) is 30.8 Å². The fourth-order valence-corrected chi connectivity index (χ4v) is 2.37. The van der Waals surface area contributed by atoms with Gasteiger partial charge in [0.2, 0.25) is 0 Å². The third-order valence-corrected chi connectivity index (χ3v) is 3.45. The van der Waals surface area contributed by atoms with E-state index in [9.17, 15) is 18.0 Å². The van der Waals surface area contributed by atoms with E-state index in [1.54, 1.807) is 0 Å². The van der Waals surface area contributed by atoms with Crippen molar-refractivity contribution in [2.24, 2.45) is 0 Å². The van der Waals surface area contributed by atoms with E-state index >= 15 is 0 Å². The van der Waals surface area contributed by atoms with Crippen LogP contribution in [-0.4, -0.2) is 29.3 Å². The number of hydrogen-bond donors (Lipinski definition) is 0. The summed E-state index contributed by atoms with van der Waals surface area (Å²) in [6.07, 6.45) is 2.73. The molecule has 110 valence electrons. The molecule has 3 rings (SSSR count). The maximum atomic E-state index is 13.3. The fourth-order valence-electron chi connectivity index (χ4n) is 2.37. The van der Waals surface area contributed by atoms with Crippen molar-refractivity contribution in [2.75, 3.05) is 13.2 Å². The van der Waals surface area contributed by atoms with Crippen LogP contribution in [-0.2, 0) is 4.74 Å². The van der Waals surface area contributed by atoms with Crippen LogP contribution in [0.15, 0.2) is 18.3 Å². The van der Waals surface area contributed by atoms with Gasteiger partial charge in [-0.25, -0.2) is 17.9 Å². The predicted octanol–water partition coefficient (Wildman–Crippen LogP) is 2.61. The molecule has 1 atom stereocenters. The fraction of sp³-hybridized carbons (Fsp3) is 0.286. The lowest BCUT2D eigenvalue weighted by Crippen LogP contribution is -2.04. The minimum absolute atomic E-state index is 0.0136. The van der Waals surface area contributed by atoms with E-state index in [4.69, 9.17) is 4.74 Å². The highest BCUT2D eigenvalue weighted by Crippen LogP contribution is 2.27. The van der Waals surface area contributed by atoms with Crippen molar-refractivity contribution in [3.8, 4) is 5.69 Å². The average Bonchev–Trinajstić information content (AvgIpc) is 3.12. The molecule has 1 aliphatic rings. The number of halogens is 3. The first-order chi connectivity index (χ1) is 10.1. The Bertz CT molecular complexity index is 671. The lowest BCUT2D eigenvalue weighted by molar-refractivity contribution is 0.112. The van der Waals surface area contributed by atoms with Gasteiger partial charge in [0.15, 0.2) is 23.7 Å². The summed E-state index contributed by atoms with van der Waals surface area (Å²) >= 11 is 0. The van der Waals surface area contributed by atoms with Crippen LogP contribution in [0.5, 0.6) is 0 Å². The van der Waals surface area contributed by atoms with Gasteiger partial charge in [0.1, 0.15) is 0 Å². The molecule has 1 fully saturated rings. The SMILES string of the molecule is O=Cc1cn(-c2cc(F)c(F)c(F)c2)nc1C1CCOC1. The highest BCUT2D eigenvalue weighted by atomic mass is 19.2. The molecule has 7 heteroatoms. The van der Waals surface area contributed by atoms with Crippen molar-refractivity contribution in [1.82, 2.24) is 9.78 Å². The molecule has 0 aliphatic carbocycles. The zero-order valence-corrected chi connectivity index (χ0v) is 10.9. The number of benzene rings is 1. The summed E-state index contributed by atoms with van der Waals surface area (Å²) in [6.45, 7) is 1.03. The van der Waals surface area contributed by atoms with Crippen LogP contribution >= 0.6 is 0 Å². The molecular formula is C14H11F3N2O2. The number of carbonyl (C=O) groups is 1. The minimum Gasteiger partial charge on any atom is -0.381 e. The van der Waals surface area contributed by atoms with Crippen molar-refractivity contribution in [3.05, 3.63) is 47.0 Å². The van der Waals surface area contributed by atoms with E-state index in [0.717, 1.165) is 18.6 Å². The van der Waals surface area contributed by atoms with E-state index in [1.165, 1.54) is 10.9 Å². The molecule has 1 saturated heterocycles. The minimum atomic E-state index is -1.54. The van der Waals surface area contributed by atoms with Crippen molar-refractivity contribution in [2.45, 2.75) is 12.3 Å². The molecule has 0 spiro atoms. The van der Waals surface area contributed by atoms with Gasteiger partial charge in [-0.05, 0) is 6.42 Å². The van der Waals surface area contributed by atoms with Gasteiger partial charge in [-0.3, -0.25) is 4.79 Å². The molecule has 2 aromatic rings. The number of rotatable bonds is 3. The average molecular weight is 296 g/mol. The monoisotopic (exact) mass is 296 g/mol. The first-order valence-electron chi connectivity index (χ1n) is 6.37. The Balaban J connectivity index is 2.05. The second kappa shape index (κ2) is 5.33. The Hall–Kier alpha value is -2.15. The summed E-state index contributed by atoms with van der Waals surface area (Å²) in [4.78, 5) is 11.1. The van der Waals surface area contributed by atoms with Crippen LogP contribution in [0.2, 0.25) is 0 Å². The molecule has 2 heterocycles. The van der Waals surface area contributed by atoms with Crippen molar-refractivity contribution >= 4 is 6.29 Å². The summed E-state index contributed by atoms with van der Waals surface area (Å²) in [7, 11) is 0. The Labute approximate surface area is 118 Å². The molecule has 0 bridgehead atoms. The molecule has 4 nitrogen and oxygen atoms in total. The largest absolute Gasteiger partial charge is 0.381 e. The lowest BCUT2D eigenvalue weighted by atomic mass is 10.0. The molecular weight excluding hydrogens is 285 g/mol. The summed E-state index contributed by atoms with van der Waals surface area (Å²) in [5.74, 6) is -4.18.